The van der Waals surface area contributed by atoms with Gasteiger partial charge < -0.3 is 10.6 Å². The number of aryl methyl sites for hydroxylation is 1. The van der Waals surface area contributed by atoms with Crippen LogP contribution < -0.4 is 10.6 Å². The molecule has 0 saturated heterocycles. The molecular weight excluding hydrogens is 216 g/mol. The summed E-state index contributed by atoms with van der Waals surface area (Å²) >= 11 is 0. The summed E-state index contributed by atoms with van der Waals surface area (Å²) in [4.78, 5) is 11.7. The predicted molar refractivity (Wildman–Crippen MR) is 66.9 cm³/mol. The number of anilines is 1. The summed E-state index contributed by atoms with van der Waals surface area (Å²) in [6.45, 7) is 2.42. The second-order valence-electron chi connectivity index (χ2n) is 4.53. The minimum atomic E-state index is -0.00384. The van der Waals surface area contributed by atoms with E-state index in [1.54, 1.807) is 6.20 Å². The van der Waals surface area contributed by atoms with E-state index in [9.17, 15) is 4.79 Å². The molecule has 0 spiro atoms. The van der Waals surface area contributed by atoms with Crippen molar-refractivity contribution in [1.82, 2.24) is 15.5 Å². The van der Waals surface area contributed by atoms with Crippen LogP contribution in [0.4, 0.5) is 5.82 Å². The minimum Gasteiger partial charge on any atom is -0.310 e. The van der Waals surface area contributed by atoms with E-state index in [0.717, 1.165) is 17.8 Å². The molecule has 0 unspecified atom stereocenters. The highest BCUT2D eigenvalue weighted by molar-refractivity contribution is 5.91. The number of aromatic nitrogens is 2. The van der Waals surface area contributed by atoms with Crippen LogP contribution in [0.1, 0.15) is 38.2 Å². The molecule has 5 nitrogen and oxygen atoms in total. The van der Waals surface area contributed by atoms with Gasteiger partial charge in [0.05, 0.1) is 12.7 Å². The molecule has 3 N–H and O–H groups in total. The van der Waals surface area contributed by atoms with Crippen LogP contribution in [0.2, 0.25) is 0 Å². The first-order valence-electron chi connectivity index (χ1n) is 6.35. The minimum absolute atomic E-state index is 0.00384. The highest BCUT2D eigenvalue weighted by Gasteiger charge is 2.15. The Hall–Kier alpha value is -1.36. The summed E-state index contributed by atoms with van der Waals surface area (Å²) in [6, 6.07) is 0.521. The van der Waals surface area contributed by atoms with Gasteiger partial charge in [-0.2, -0.15) is 5.10 Å². The van der Waals surface area contributed by atoms with Gasteiger partial charge in [0.15, 0.2) is 0 Å². The van der Waals surface area contributed by atoms with Crippen molar-refractivity contribution in [2.75, 3.05) is 11.9 Å². The van der Waals surface area contributed by atoms with Gasteiger partial charge in [-0.25, -0.2) is 0 Å². The van der Waals surface area contributed by atoms with Gasteiger partial charge in [-0.3, -0.25) is 9.89 Å². The summed E-state index contributed by atoms with van der Waals surface area (Å²) in [5.41, 5.74) is 1.04. The quantitative estimate of drug-likeness (QED) is 0.724. The predicted octanol–water partition coefficient (Wildman–Crippen LogP) is 1.44. The molecule has 0 bridgehead atoms. The van der Waals surface area contributed by atoms with Crippen molar-refractivity contribution < 1.29 is 4.79 Å². The summed E-state index contributed by atoms with van der Waals surface area (Å²) in [6.07, 6.45) is 7.55. The van der Waals surface area contributed by atoms with Crippen molar-refractivity contribution in [3.05, 3.63) is 11.8 Å². The summed E-state index contributed by atoms with van der Waals surface area (Å²) < 4.78 is 0. The Kier molecular flexibility index (Phi) is 4.14. The number of nitrogens with zero attached hydrogens (tertiary/aromatic N) is 1. The van der Waals surface area contributed by atoms with Crippen molar-refractivity contribution in [1.29, 1.82) is 0 Å². The number of aromatic amines is 1. The van der Waals surface area contributed by atoms with Crippen LogP contribution in [0.25, 0.3) is 0 Å². The van der Waals surface area contributed by atoms with E-state index < -0.39 is 0 Å². The lowest BCUT2D eigenvalue weighted by Gasteiger charge is -2.11. The molecule has 17 heavy (non-hydrogen) atoms. The van der Waals surface area contributed by atoms with Crippen LogP contribution in [0.3, 0.4) is 0 Å². The highest BCUT2D eigenvalue weighted by Crippen LogP contribution is 2.17. The lowest BCUT2D eigenvalue weighted by molar-refractivity contribution is -0.115. The molecule has 94 valence electrons. The van der Waals surface area contributed by atoms with E-state index in [1.165, 1.54) is 25.7 Å². The van der Waals surface area contributed by atoms with Crippen LogP contribution in [0, 0.1) is 0 Å². The third-order valence-corrected chi connectivity index (χ3v) is 3.27. The lowest BCUT2D eigenvalue weighted by Crippen LogP contribution is -2.34. The Balaban J connectivity index is 1.76. The van der Waals surface area contributed by atoms with Crippen LogP contribution in [-0.4, -0.2) is 28.7 Å². The van der Waals surface area contributed by atoms with Crippen LogP contribution in [0.5, 0.6) is 0 Å². The molecule has 1 aliphatic carbocycles. The normalized spacial score (nSPS) is 16.3. The van der Waals surface area contributed by atoms with Crippen molar-refractivity contribution in [3.63, 3.8) is 0 Å². The molecule has 5 heteroatoms. The molecule has 0 atom stereocenters. The number of hydrogen-bond acceptors (Lipinski definition) is 3. The second-order valence-corrected chi connectivity index (χ2v) is 4.53. The molecule has 0 aliphatic heterocycles. The fourth-order valence-electron chi connectivity index (χ4n) is 2.24. The zero-order chi connectivity index (χ0) is 12.1. The van der Waals surface area contributed by atoms with Gasteiger partial charge in [-0.15, -0.1) is 0 Å². The Morgan fingerprint density at radius 3 is 3.00 bits per heavy atom. The smallest absolute Gasteiger partial charge is 0.239 e. The van der Waals surface area contributed by atoms with Crippen LogP contribution in [-0.2, 0) is 11.2 Å². The molecular formula is C12H20N4O. The molecule has 0 aromatic carbocycles. The molecule has 0 radical (unpaired) electrons. The van der Waals surface area contributed by atoms with E-state index in [2.05, 4.69) is 20.8 Å². The largest absolute Gasteiger partial charge is 0.310 e. The summed E-state index contributed by atoms with van der Waals surface area (Å²) in [5.74, 6) is 0.724. The van der Waals surface area contributed by atoms with Gasteiger partial charge >= 0.3 is 0 Å². The van der Waals surface area contributed by atoms with Crippen LogP contribution >= 0.6 is 0 Å². The Labute approximate surface area is 101 Å². The first-order valence-corrected chi connectivity index (χ1v) is 6.35. The molecule has 2 rings (SSSR count). The van der Waals surface area contributed by atoms with E-state index >= 15 is 0 Å². The molecule has 1 heterocycles. The Morgan fingerprint density at radius 1 is 1.53 bits per heavy atom. The van der Waals surface area contributed by atoms with Gasteiger partial charge in [-0.1, -0.05) is 19.8 Å². The number of hydrogen-bond donors (Lipinski definition) is 3. The first-order chi connectivity index (χ1) is 8.29. The standard InChI is InChI=1S/C12H20N4O/c1-2-9-7-14-16-12(9)15-11(17)8-13-10-5-3-4-6-10/h7,10,13H,2-6,8H2,1H3,(H2,14,15,16,17). The SMILES string of the molecule is CCc1cn[nH]c1NC(=O)CNC1CCCC1. The number of nitrogens with one attached hydrogen (secondary N) is 3. The monoisotopic (exact) mass is 236 g/mol. The second kappa shape index (κ2) is 5.82. The summed E-state index contributed by atoms with van der Waals surface area (Å²) in [5, 5.41) is 12.9. The van der Waals surface area contributed by atoms with Gasteiger partial charge in [0.25, 0.3) is 0 Å². The number of H-pyrrole nitrogens is 1. The third-order valence-electron chi connectivity index (χ3n) is 3.27. The molecule has 1 saturated carbocycles. The van der Waals surface area contributed by atoms with Crippen molar-refractivity contribution in [3.8, 4) is 0 Å². The molecule has 1 aromatic rings. The molecule has 1 amide bonds. The highest BCUT2D eigenvalue weighted by atomic mass is 16.2. The Morgan fingerprint density at radius 2 is 2.29 bits per heavy atom. The first kappa shape index (κ1) is 12.1. The van der Waals surface area contributed by atoms with E-state index in [0.29, 0.717) is 12.6 Å². The average molecular weight is 236 g/mol. The maximum atomic E-state index is 11.7. The van der Waals surface area contributed by atoms with Crippen molar-refractivity contribution in [2.24, 2.45) is 0 Å². The third kappa shape index (κ3) is 3.30. The maximum absolute atomic E-state index is 11.7. The number of carbonyl (C=O) groups is 1. The zero-order valence-electron chi connectivity index (χ0n) is 10.3. The van der Waals surface area contributed by atoms with E-state index in [4.69, 9.17) is 0 Å². The number of rotatable bonds is 5. The topological polar surface area (TPSA) is 69.8 Å². The van der Waals surface area contributed by atoms with Crippen molar-refractivity contribution >= 4 is 11.7 Å². The zero-order valence-corrected chi connectivity index (χ0v) is 10.3. The Bertz CT molecular complexity index is 368. The van der Waals surface area contributed by atoms with Crippen LogP contribution in [0.15, 0.2) is 6.20 Å². The fourth-order valence-corrected chi connectivity index (χ4v) is 2.24. The van der Waals surface area contributed by atoms with Gasteiger partial charge in [0, 0.05) is 11.6 Å². The molecule has 1 fully saturated rings. The number of carbonyl (C=O) groups excluding carboxylic acids is 1. The molecule has 1 aliphatic rings. The van der Waals surface area contributed by atoms with E-state index in [1.807, 2.05) is 6.92 Å². The fraction of sp³-hybridized carbons (Fsp3) is 0.667. The average Bonchev–Trinajstić information content (AvgIpc) is 2.97. The lowest BCUT2D eigenvalue weighted by atomic mass is 10.2. The maximum Gasteiger partial charge on any atom is 0.239 e. The van der Waals surface area contributed by atoms with Gasteiger partial charge in [-0.05, 0) is 19.3 Å². The van der Waals surface area contributed by atoms with Gasteiger partial charge in [0.1, 0.15) is 5.82 Å². The van der Waals surface area contributed by atoms with E-state index in [-0.39, 0.29) is 5.91 Å². The molecule has 1 aromatic heterocycles. The van der Waals surface area contributed by atoms with Crippen molar-refractivity contribution in [2.45, 2.75) is 45.1 Å². The number of amides is 1. The summed E-state index contributed by atoms with van der Waals surface area (Å²) in [7, 11) is 0. The van der Waals surface area contributed by atoms with Gasteiger partial charge in [0.2, 0.25) is 5.91 Å².